The van der Waals surface area contributed by atoms with E-state index >= 15 is 0 Å². The fraction of sp³-hybridized carbons (Fsp3) is 0.471. The number of hydrogen-bond donors (Lipinski definition) is 2. The number of hydrogen-bond acceptors (Lipinski definition) is 14. The van der Waals surface area contributed by atoms with Crippen molar-refractivity contribution in [2.45, 2.75) is 22.7 Å². The van der Waals surface area contributed by atoms with E-state index in [4.69, 9.17) is 9.26 Å². The van der Waals surface area contributed by atoms with E-state index in [1.165, 1.54) is 35.3 Å². The number of carbonyl (C=O) groups excluding carboxylic acids is 2. The zero-order chi connectivity index (χ0) is 27.1. The van der Waals surface area contributed by atoms with E-state index in [9.17, 15) is 27.9 Å². The van der Waals surface area contributed by atoms with Gasteiger partial charge in [0, 0.05) is 25.7 Å². The normalized spacial score (nSPS) is 21.5. The first kappa shape index (κ1) is 27.4. The number of carboxylic acids is 1. The van der Waals surface area contributed by atoms with Crippen molar-refractivity contribution < 1.29 is 41.4 Å². The van der Waals surface area contributed by atoms with Gasteiger partial charge in [-0.15, -0.1) is 16.9 Å². The molecule has 0 aliphatic carbocycles. The summed E-state index contributed by atoms with van der Waals surface area (Å²) in [6.45, 7) is 0. The number of ether oxygens (including phenoxy) is 1. The number of tetrazole rings is 1. The molecule has 0 aromatic carbocycles. The molecule has 0 unspecified atom stereocenters. The maximum absolute atomic E-state index is 13.2. The number of nitrogens with one attached hydrogen (secondary N) is 1. The smallest absolute Gasteiger partial charge is 0.352 e. The molecular formula is C17H18BrN7O9S3. The molecule has 2 aromatic heterocycles. The lowest BCUT2D eigenvalue weighted by Crippen LogP contribution is -2.80. The molecule has 0 bridgehead atoms. The Kier molecular flexibility index (Phi) is 7.57. The van der Waals surface area contributed by atoms with Crippen LogP contribution < -0.4 is 9.50 Å². The highest BCUT2D eigenvalue weighted by Gasteiger charge is 2.66. The molecule has 4 rings (SSSR count). The van der Waals surface area contributed by atoms with Crippen LogP contribution in [0.15, 0.2) is 25.4 Å². The van der Waals surface area contributed by atoms with Crippen molar-refractivity contribution in [3.8, 4) is 5.88 Å². The first-order valence-corrected chi connectivity index (χ1v) is 14.7. The highest BCUT2D eigenvalue weighted by molar-refractivity contribution is 9.10. The SMILES string of the molecule is CO[C@@]1(NC(=O)Cc2onc(OS(C)(=O)=O)c2Br)C(=O)N2C(C(=O)O)=C(CSc3nnnn3C)CS[C@H]21. The Labute approximate surface area is 225 Å². The van der Waals surface area contributed by atoms with Gasteiger partial charge in [-0.25, -0.2) is 9.48 Å². The fourth-order valence-electron chi connectivity index (χ4n) is 3.55. The zero-order valence-electron chi connectivity index (χ0n) is 19.2. The number of β-lactam (4-membered cyclic amide) rings is 1. The van der Waals surface area contributed by atoms with E-state index in [0.29, 0.717) is 10.7 Å². The van der Waals surface area contributed by atoms with Gasteiger partial charge in [-0.2, -0.15) is 8.42 Å². The summed E-state index contributed by atoms with van der Waals surface area (Å²) in [4.78, 5) is 39.2. The van der Waals surface area contributed by atoms with Crippen molar-refractivity contribution >= 4 is 67.4 Å². The second-order valence-electron chi connectivity index (χ2n) is 7.65. The molecule has 2 atom stereocenters. The molecule has 0 saturated carbocycles. The molecule has 20 heteroatoms. The van der Waals surface area contributed by atoms with Crippen LogP contribution in [0.5, 0.6) is 5.88 Å². The minimum absolute atomic E-state index is 0.00416. The van der Waals surface area contributed by atoms with E-state index < -0.39 is 45.4 Å². The summed E-state index contributed by atoms with van der Waals surface area (Å²) in [7, 11) is -1.03. The topological polar surface area (TPSA) is 209 Å². The number of methoxy groups -OCH3 is 1. The van der Waals surface area contributed by atoms with E-state index in [1.54, 1.807) is 7.05 Å². The number of rotatable bonds is 10. The third kappa shape index (κ3) is 5.19. The Bertz CT molecular complexity index is 1410. The number of aromatic nitrogens is 5. The third-order valence-corrected chi connectivity index (χ3v) is 8.85. The molecule has 1 saturated heterocycles. The van der Waals surface area contributed by atoms with Crippen LogP contribution in [-0.4, -0.2) is 97.5 Å². The summed E-state index contributed by atoms with van der Waals surface area (Å²) in [6, 6.07) is 0. The molecule has 200 valence electrons. The molecule has 2 aliphatic rings. The van der Waals surface area contributed by atoms with Crippen LogP contribution >= 0.6 is 39.5 Å². The van der Waals surface area contributed by atoms with Crippen LogP contribution in [0.2, 0.25) is 0 Å². The van der Waals surface area contributed by atoms with Gasteiger partial charge in [-0.1, -0.05) is 11.8 Å². The van der Waals surface area contributed by atoms with Crippen LogP contribution in [0.1, 0.15) is 5.76 Å². The summed E-state index contributed by atoms with van der Waals surface area (Å²) in [6.07, 6.45) is 0.362. The number of aryl methyl sites for hydroxylation is 1. The lowest BCUT2D eigenvalue weighted by molar-refractivity contribution is -0.192. The van der Waals surface area contributed by atoms with Crippen molar-refractivity contribution in [1.82, 2.24) is 35.6 Å². The van der Waals surface area contributed by atoms with Crippen LogP contribution in [0, 0.1) is 0 Å². The monoisotopic (exact) mass is 639 g/mol. The standard InChI is InChI=1S/C17H18BrN7O9S3/c1-24-16(20-22-23-24)36-6-7-5-35-15-17(32-2,14(29)25(15)11(7)13(27)28)19-9(26)4-8-10(18)12(21-33-8)34-37(3,30)31/h15H,4-6H2,1-3H3,(H,19,26)(H,27,28)/t15-,17-/m0/s1. The summed E-state index contributed by atoms with van der Waals surface area (Å²) < 4.78 is 39.1. The molecule has 16 nitrogen and oxygen atoms in total. The van der Waals surface area contributed by atoms with Gasteiger partial charge in [0.15, 0.2) is 5.76 Å². The van der Waals surface area contributed by atoms with Gasteiger partial charge in [0.25, 0.3) is 17.5 Å². The Morgan fingerprint density at radius 3 is 2.76 bits per heavy atom. The first-order chi connectivity index (χ1) is 17.4. The van der Waals surface area contributed by atoms with E-state index in [0.717, 1.165) is 11.2 Å². The van der Waals surface area contributed by atoms with Crippen LogP contribution in [0.4, 0.5) is 0 Å². The van der Waals surface area contributed by atoms with Crippen molar-refractivity contribution in [3.05, 3.63) is 21.5 Å². The molecule has 4 heterocycles. The van der Waals surface area contributed by atoms with Crippen molar-refractivity contribution in [3.63, 3.8) is 0 Å². The third-order valence-electron chi connectivity index (χ3n) is 5.14. The van der Waals surface area contributed by atoms with Gasteiger partial charge in [0.05, 0.1) is 12.7 Å². The second kappa shape index (κ2) is 10.2. The largest absolute Gasteiger partial charge is 0.477 e. The maximum atomic E-state index is 13.2. The van der Waals surface area contributed by atoms with Gasteiger partial charge in [0.1, 0.15) is 15.5 Å². The number of fused-ring (bicyclic) bond motifs is 1. The van der Waals surface area contributed by atoms with Gasteiger partial charge < -0.3 is 23.9 Å². The minimum Gasteiger partial charge on any atom is -0.477 e. The summed E-state index contributed by atoms with van der Waals surface area (Å²) in [5.41, 5.74) is -1.54. The van der Waals surface area contributed by atoms with Crippen molar-refractivity contribution in [2.24, 2.45) is 7.05 Å². The minimum atomic E-state index is -3.89. The lowest BCUT2D eigenvalue weighted by atomic mass is 9.98. The van der Waals surface area contributed by atoms with Crippen LogP contribution in [0.3, 0.4) is 0 Å². The number of nitrogens with zero attached hydrogens (tertiary/aromatic N) is 6. The van der Waals surface area contributed by atoms with Crippen molar-refractivity contribution in [1.29, 1.82) is 0 Å². The maximum Gasteiger partial charge on any atom is 0.352 e. The van der Waals surface area contributed by atoms with Gasteiger partial charge in [0.2, 0.25) is 11.1 Å². The average molecular weight is 640 g/mol. The molecule has 0 spiro atoms. The highest BCUT2D eigenvalue weighted by atomic mass is 79.9. The number of amides is 2. The predicted molar refractivity (Wildman–Crippen MR) is 129 cm³/mol. The van der Waals surface area contributed by atoms with Crippen LogP contribution in [0.25, 0.3) is 0 Å². The number of carboxylic acid groups (broad SMARTS) is 1. The van der Waals surface area contributed by atoms with Crippen LogP contribution in [-0.2, 0) is 42.7 Å². The quantitative estimate of drug-likeness (QED) is 0.143. The van der Waals surface area contributed by atoms with Gasteiger partial charge >= 0.3 is 16.1 Å². The lowest BCUT2D eigenvalue weighted by Gasteiger charge is -2.55. The number of aliphatic carboxylic acids is 1. The second-order valence-corrected chi connectivity index (χ2v) is 12.0. The Hall–Kier alpha value is -2.68. The van der Waals surface area contributed by atoms with Gasteiger partial charge in [-0.05, 0) is 37.1 Å². The summed E-state index contributed by atoms with van der Waals surface area (Å²) >= 11 is 5.51. The molecular weight excluding hydrogens is 622 g/mol. The Morgan fingerprint density at radius 2 is 2.16 bits per heavy atom. The molecule has 2 aliphatic heterocycles. The predicted octanol–water partition coefficient (Wildman–Crippen LogP) is -0.653. The number of thioether (sulfide) groups is 2. The Morgan fingerprint density at radius 1 is 1.43 bits per heavy atom. The van der Waals surface area contributed by atoms with E-state index in [-0.39, 0.29) is 33.3 Å². The van der Waals surface area contributed by atoms with Gasteiger partial charge in [-0.3, -0.25) is 14.5 Å². The molecule has 2 amide bonds. The van der Waals surface area contributed by atoms with E-state index in [1.807, 2.05) is 0 Å². The van der Waals surface area contributed by atoms with Crippen molar-refractivity contribution in [2.75, 3.05) is 24.9 Å². The molecule has 2 N–H and O–H groups in total. The Balaban J connectivity index is 1.50. The molecule has 1 fully saturated rings. The zero-order valence-corrected chi connectivity index (χ0v) is 23.2. The highest BCUT2D eigenvalue weighted by Crippen LogP contribution is 2.47. The summed E-state index contributed by atoms with van der Waals surface area (Å²) in [5, 5.41) is 26.6. The fourth-order valence-corrected chi connectivity index (χ4v) is 6.85. The number of halogens is 1. The number of carbonyl (C=O) groups is 3. The molecule has 2 aromatic rings. The average Bonchev–Trinajstić information content (AvgIpc) is 3.39. The first-order valence-electron chi connectivity index (χ1n) is 10.0. The molecule has 37 heavy (non-hydrogen) atoms. The molecule has 0 radical (unpaired) electrons. The summed E-state index contributed by atoms with van der Waals surface area (Å²) in [5.74, 6) is -2.78. The van der Waals surface area contributed by atoms with E-state index in [2.05, 4.69) is 46.1 Å².